The van der Waals surface area contributed by atoms with E-state index in [1.165, 1.54) is 17.0 Å². The molecule has 1 atom stereocenters. The molecular weight excluding hydrogens is 409 g/mol. The third-order valence-electron chi connectivity index (χ3n) is 5.50. The highest BCUT2D eigenvalue weighted by atomic mass is 19.4. The number of carbonyl (C=O) groups is 1. The number of hydrogen-bond acceptors (Lipinski definition) is 4. The van der Waals surface area contributed by atoms with Crippen LogP contribution in [-0.2, 0) is 13.2 Å². The molecule has 0 unspecified atom stereocenters. The minimum absolute atomic E-state index is 0.154. The van der Waals surface area contributed by atoms with Crippen LogP contribution >= 0.6 is 0 Å². The number of aromatic nitrogens is 5. The molecule has 1 aromatic carbocycles. The molecule has 1 aliphatic heterocycles. The number of amides is 1. The Balaban J connectivity index is 1.56. The highest BCUT2D eigenvalue weighted by Crippen LogP contribution is 2.35. The molecule has 0 fully saturated rings. The van der Waals surface area contributed by atoms with Crippen molar-refractivity contribution < 1.29 is 18.0 Å². The van der Waals surface area contributed by atoms with Gasteiger partial charge in [-0.1, -0.05) is 0 Å². The van der Waals surface area contributed by atoms with Gasteiger partial charge in [0, 0.05) is 42.0 Å². The number of nitrogens with zero attached hydrogens (tertiary/aromatic N) is 6. The summed E-state index contributed by atoms with van der Waals surface area (Å²) in [5, 5.41) is 9.41. The Morgan fingerprint density at radius 3 is 2.52 bits per heavy atom. The Morgan fingerprint density at radius 1 is 1.06 bits per heavy atom. The molecule has 1 aliphatic rings. The molecule has 31 heavy (non-hydrogen) atoms. The lowest BCUT2D eigenvalue weighted by atomic mass is 10.0. The number of hydrogen-bond donors (Lipinski definition) is 0. The van der Waals surface area contributed by atoms with E-state index in [0.29, 0.717) is 23.5 Å². The number of fused-ring (bicyclic) bond motifs is 2. The summed E-state index contributed by atoms with van der Waals surface area (Å²) < 4.78 is 42.0. The molecule has 0 aliphatic carbocycles. The monoisotopic (exact) mass is 426 g/mol. The molecule has 0 radical (unpaired) electrons. The van der Waals surface area contributed by atoms with Gasteiger partial charge in [-0.15, -0.1) is 0 Å². The van der Waals surface area contributed by atoms with Gasteiger partial charge in [-0.25, -0.2) is 4.98 Å². The predicted octanol–water partition coefficient (Wildman–Crippen LogP) is 4.07. The van der Waals surface area contributed by atoms with E-state index in [1.54, 1.807) is 35.0 Å². The second-order valence-electron chi connectivity index (χ2n) is 7.57. The largest absolute Gasteiger partial charge is 0.416 e. The summed E-state index contributed by atoms with van der Waals surface area (Å²) in [5.41, 5.74) is 2.09. The molecule has 5 rings (SSSR count). The SMILES string of the molecule is C[C@H]1CN(c2ccc(C(F)(F)F)cc2)C(=O)c2c(-c3cnc4c(cnn4C)c3)cnn21. The van der Waals surface area contributed by atoms with Crippen molar-refractivity contribution in [1.82, 2.24) is 24.5 Å². The van der Waals surface area contributed by atoms with Crippen molar-refractivity contribution in [3.05, 3.63) is 60.2 Å². The molecule has 0 N–H and O–H groups in total. The Labute approximate surface area is 174 Å². The van der Waals surface area contributed by atoms with Crippen LogP contribution in [-0.4, -0.2) is 37.0 Å². The van der Waals surface area contributed by atoms with Crippen LogP contribution in [0.5, 0.6) is 0 Å². The van der Waals surface area contributed by atoms with Gasteiger partial charge >= 0.3 is 6.18 Å². The van der Waals surface area contributed by atoms with E-state index in [0.717, 1.165) is 28.7 Å². The Kier molecular flexibility index (Phi) is 4.14. The molecule has 0 saturated carbocycles. The minimum atomic E-state index is -4.43. The fraction of sp³-hybridized carbons (Fsp3) is 0.238. The van der Waals surface area contributed by atoms with E-state index >= 15 is 0 Å². The third-order valence-corrected chi connectivity index (χ3v) is 5.50. The van der Waals surface area contributed by atoms with E-state index < -0.39 is 11.7 Å². The summed E-state index contributed by atoms with van der Waals surface area (Å²) in [5.74, 6) is -0.323. The average Bonchev–Trinajstić information content (AvgIpc) is 3.35. The maximum absolute atomic E-state index is 13.4. The highest BCUT2D eigenvalue weighted by molar-refractivity contribution is 6.10. The van der Waals surface area contributed by atoms with Gasteiger partial charge in [0.2, 0.25) is 0 Å². The number of benzene rings is 1. The lowest BCUT2D eigenvalue weighted by molar-refractivity contribution is -0.137. The van der Waals surface area contributed by atoms with Crippen molar-refractivity contribution in [2.75, 3.05) is 11.4 Å². The minimum Gasteiger partial charge on any atom is -0.305 e. The van der Waals surface area contributed by atoms with Crippen LogP contribution < -0.4 is 4.90 Å². The molecular formula is C21H17F3N6O. The topological polar surface area (TPSA) is 68.8 Å². The molecule has 7 nitrogen and oxygen atoms in total. The van der Waals surface area contributed by atoms with Gasteiger partial charge in [-0.3, -0.25) is 14.2 Å². The lowest BCUT2D eigenvalue weighted by Crippen LogP contribution is -2.42. The van der Waals surface area contributed by atoms with Gasteiger partial charge in [-0.05, 0) is 37.3 Å². The van der Waals surface area contributed by atoms with Gasteiger partial charge in [0.1, 0.15) is 5.69 Å². The maximum Gasteiger partial charge on any atom is 0.416 e. The molecule has 4 aromatic rings. The molecule has 0 spiro atoms. The maximum atomic E-state index is 13.4. The van der Waals surface area contributed by atoms with Crippen LogP contribution in [0.25, 0.3) is 22.2 Å². The molecule has 1 amide bonds. The van der Waals surface area contributed by atoms with Gasteiger partial charge in [0.05, 0.1) is 24.0 Å². The molecule has 10 heteroatoms. The van der Waals surface area contributed by atoms with Crippen molar-refractivity contribution in [3.8, 4) is 11.1 Å². The van der Waals surface area contributed by atoms with Gasteiger partial charge in [-0.2, -0.15) is 23.4 Å². The first kappa shape index (κ1) is 19.3. The Hall–Kier alpha value is -3.69. The van der Waals surface area contributed by atoms with Crippen LogP contribution in [0.4, 0.5) is 18.9 Å². The number of halogens is 3. The normalized spacial score (nSPS) is 16.7. The number of anilines is 1. The summed E-state index contributed by atoms with van der Waals surface area (Å²) >= 11 is 0. The molecule has 4 heterocycles. The molecule has 0 bridgehead atoms. The highest BCUT2D eigenvalue weighted by Gasteiger charge is 2.35. The lowest BCUT2D eigenvalue weighted by Gasteiger charge is -2.32. The van der Waals surface area contributed by atoms with Crippen molar-refractivity contribution in [2.45, 2.75) is 19.1 Å². The second-order valence-corrected chi connectivity index (χ2v) is 7.57. The van der Waals surface area contributed by atoms with Crippen LogP contribution in [0.2, 0.25) is 0 Å². The van der Waals surface area contributed by atoms with Crippen LogP contribution in [0.15, 0.2) is 48.9 Å². The number of carbonyl (C=O) groups excluding carboxylic acids is 1. The number of aryl methyl sites for hydroxylation is 1. The molecule has 3 aromatic heterocycles. The standard InChI is InChI=1S/C21H17F3N6O/c1-12-11-29(16-5-3-15(4-6-16)21(22,23)24)20(31)18-17(10-27-30(12)18)13-7-14-9-26-28(2)19(14)25-8-13/h3-10,12H,11H2,1-2H3/t12-/m0/s1. The summed E-state index contributed by atoms with van der Waals surface area (Å²) in [4.78, 5) is 19.3. The number of pyridine rings is 1. The van der Waals surface area contributed by atoms with Crippen LogP contribution in [0.1, 0.15) is 29.0 Å². The number of alkyl halides is 3. The second kappa shape index (κ2) is 6.66. The summed E-state index contributed by atoms with van der Waals surface area (Å²) in [6, 6.07) is 6.35. The van der Waals surface area contributed by atoms with E-state index in [-0.39, 0.29) is 11.9 Å². The Morgan fingerprint density at radius 2 is 1.81 bits per heavy atom. The number of rotatable bonds is 2. The van der Waals surface area contributed by atoms with E-state index in [2.05, 4.69) is 15.2 Å². The van der Waals surface area contributed by atoms with Crippen LogP contribution in [0, 0.1) is 0 Å². The van der Waals surface area contributed by atoms with Gasteiger partial charge in [0.15, 0.2) is 5.65 Å². The molecule has 158 valence electrons. The van der Waals surface area contributed by atoms with Crippen molar-refractivity contribution >= 4 is 22.6 Å². The zero-order valence-electron chi connectivity index (χ0n) is 16.6. The van der Waals surface area contributed by atoms with Gasteiger partial charge in [0.25, 0.3) is 5.91 Å². The average molecular weight is 426 g/mol. The molecule has 0 saturated heterocycles. The fourth-order valence-electron chi connectivity index (χ4n) is 3.92. The van der Waals surface area contributed by atoms with E-state index in [4.69, 9.17) is 0 Å². The van der Waals surface area contributed by atoms with E-state index in [1.807, 2.05) is 13.0 Å². The van der Waals surface area contributed by atoms with Crippen molar-refractivity contribution in [1.29, 1.82) is 0 Å². The van der Waals surface area contributed by atoms with Crippen molar-refractivity contribution in [2.24, 2.45) is 7.05 Å². The smallest absolute Gasteiger partial charge is 0.305 e. The van der Waals surface area contributed by atoms with Crippen molar-refractivity contribution in [3.63, 3.8) is 0 Å². The van der Waals surface area contributed by atoms with Crippen LogP contribution in [0.3, 0.4) is 0 Å². The summed E-state index contributed by atoms with van der Waals surface area (Å²) in [6.07, 6.45) is 0.554. The first-order valence-electron chi connectivity index (χ1n) is 9.59. The third kappa shape index (κ3) is 3.06. The fourth-order valence-corrected chi connectivity index (χ4v) is 3.92. The predicted molar refractivity (Wildman–Crippen MR) is 108 cm³/mol. The summed E-state index contributed by atoms with van der Waals surface area (Å²) in [7, 11) is 1.80. The van der Waals surface area contributed by atoms with E-state index in [9.17, 15) is 18.0 Å². The summed E-state index contributed by atoms with van der Waals surface area (Å²) in [6.45, 7) is 2.21. The zero-order chi connectivity index (χ0) is 21.9. The quantitative estimate of drug-likeness (QED) is 0.485. The Bertz CT molecular complexity index is 1310. The zero-order valence-corrected chi connectivity index (χ0v) is 16.6. The first-order chi connectivity index (χ1) is 14.7. The van der Waals surface area contributed by atoms with Gasteiger partial charge < -0.3 is 4.90 Å². The first-order valence-corrected chi connectivity index (χ1v) is 9.59.